The summed E-state index contributed by atoms with van der Waals surface area (Å²) in [6.45, 7) is 0.232. The zero-order chi connectivity index (χ0) is 18.5. The van der Waals surface area contributed by atoms with E-state index in [2.05, 4.69) is 25.8 Å². The van der Waals surface area contributed by atoms with Gasteiger partial charge in [0.1, 0.15) is 22.9 Å². The monoisotopic (exact) mass is 357 g/mol. The van der Waals surface area contributed by atoms with Crippen LogP contribution in [0.3, 0.4) is 0 Å². The van der Waals surface area contributed by atoms with E-state index >= 15 is 0 Å². The molecule has 0 atom stereocenters. The molecule has 0 saturated carbocycles. The number of hydrogen-bond acceptors (Lipinski definition) is 4. The number of anilines is 1. The first-order valence-electron chi connectivity index (χ1n) is 7.52. The molecule has 0 aliphatic carbocycles. The highest BCUT2D eigenvalue weighted by Gasteiger charge is 2.21. The average Bonchev–Trinajstić information content (AvgIpc) is 3.08. The van der Waals surface area contributed by atoms with Gasteiger partial charge in [-0.15, -0.1) is 0 Å². The SMILES string of the molecule is O=C(NCc1ccncc1)c1[nH]ncc1NC(=O)c1c(F)cccc1F. The van der Waals surface area contributed by atoms with Crippen LogP contribution >= 0.6 is 0 Å². The molecule has 0 fully saturated rings. The molecule has 3 rings (SSSR count). The number of H-pyrrole nitrogens is 1. The van der Waals surface area contributed by atoms with Crippen molar-refractivity contribution in [2.45, 2.75) is 6.54 Å². The Kier molecular flexibility index (Phi) is 4.97. The maximum atomic E-state index is 13.7. The molecular weight excluding hydrogens is 344 g/mol. The van der Waals surface area contributed by atoms with Crippen molar-refractivity contribution >= 4 is 17.5 Å². The molecule has 132 valence electrons. The van der Waals surface area contributed by atoms with Crippen molar-refractivity contribution in [2.75, 3.05) is 5.32 Å². The molecule has 3 aromatic rings. The minimum atomic E-state index is -1.02. The van der Waals surface area contributed by atoms with E-state index in [4.69, 9.17) is 0 Å². The Labute approximate surface area is 146 Å². The normalized spacial score (nSPS) is 10.4. The molecule has 1 aromatic carbocycles. The zero-order valence-corrected chi connectivity index (χ0v) is 13.3. The van der Waals surface area contributed by atoms with E-state index in [1.165, 1.54) is 6.20 Å². The van der Waals surface area contributed by atoms with Crippen molar-refractivity contribution in [1.29, 1.82) is 0 Å². The topological polar surface area (TPSA) is 99.8 Å². The molecule has 0 spiro atoms. The third-order valence-corrected chi connectivity index (χ3v) is 3.51. The Balaban J connectivity index is 1.72. The second-order valence-electron chi connectivity index (χ2n) is 5.25. The van der Waals surface area contributed by atoms with Crippen molar-refractivity contribution in [3.05, 3.63) is 77.4 Å². The van der Waals surface area contributed by atoms with Crippen molar-refractivity contribution < 1.29 is 18.4 Å². The Bertz CT molecular complexity index is 923. The van der Waals surface area contributed by atoms with Crippen LogP contribution < -0.4 is 10.6 Å². The number of nitrogens with one attached hydrogen (secondary N) is 3. The fourth-order valence-electron chi connectivity index (χ4n) is 2.22. The highest BCUT2D eigenvalue weighted by Crippen LogP contribution is 2.17. The number of benzene rings is 1. The highest BCUT2D eigenvalue weighted by atomic mass is 19.1. The number of aromatic amines is 1. The van der Waals surface area contributed by atoms with Gasteiger partial charge in [0.25, 0.3) is 11.8 Å². The Morgan fingerprint density at radius 1 is 1.04 bits per heavy atom. The van der Waals surface area contributed by atoms with Crippen LogP contribution in [-0.2, 0) is 6.54 Å². The van der Waals surface area contributed by atoms with E-state index < -0.39 is 29.0 Å². The number of carbonyl (C=O) groups excluding carboxylic acids is 2. The molecule has 7 nitrogen and oxygen atoms in total. The zero-order valence-electron chi connectivity index (χ0n) is 13.3. The second kappa shape index (κ2) is 7.51. The van der Waals surface area contributed by atoms with Gasteiger partial charge >= 0.3 is 0 Å². The molecule has 2 heterocycles. The van der Waals surface area contributed by atoms with Gasteiger partial charge in [-0.25, -0.2) is 8.78 Å². The third kappa shape index (κ3) is 3.72. The Morgan fingerprint density at radius 2 is 1.73 bits per heavy atom. The van der Waals surface area contributed by atoms with Crippen LogP contribution in [0.4, 0.5) is 14.5 Å². The third-order valence-electron chi connectivity index (χ3n) is 3.51. The minimum Gasteiger partial charge on any atom is -0.347 e. The predicted octanol–water partition coefficient (Wildman–Crippen LogP) is 2.27. The van der Waals surface area contributed by atoms with Gasteiger partial charge in [0, 0.05) is 18.9 Å². The number of pyridine rings is 1. The standard InChI is InChI=1S/C17H13F2N5O2/c18-11-2-1-3-12(19)14(11)16(25)23-13-9-22-24-15(13)17(26)21-8-10-4-6-20-7-5-10/h1-7,9H,8H2,(H,21,26)(H,22,24)(H,23,25). The molecular formula is C17H13F2N5O2. The molecule has 2 aromatic heterocycles. The van der Waals surface area contributed by atoms with Crippen molar-refractivity contribution in [3.8, 4) is 0 Å². The molecule has 0 aliphatic rings. The van der Waals surface area contributed by atoms with Crippen LogP contribution in [0.25, 0.3) is 0 Å². The lowest BCUT2D eigenvalue weighted by molar-refractivity contribution is 0.0946. The summed E-state index contributed by atoms with van der Waals surface area (Å²) >= 11 is 0. The molecule has 0 saturated heterocycles. The molecule has 26 heavy (non-hydrogen) atoms. The molecule has 0 unspecified atom stereocenters. The first-order valence-corrected chi connectivity index (χ1v) is 7.52. The lowest BCUT2D eigenvalue weighted by Gasteiger charge is -2.08. The van der Waals surface area contributed by atoms with Crippen LogP contribution in [0, 0.1) is 11.6 Å². The molecule has 3 N–H and O–H groups in total. The van der Waals surface area contributed by atoms with Gasteiger partial charge in [-0.2, -0.15) is 5.10 Å². The maximum absolute atomic E-state index is 13.7. The van der Waals surface area contributed by atoms with Crippen LogP contribution in [0.1, 0.15) is 26.4 Å². The second-order valence-corrected chi connectivity index (χ2v) is 5.25. The van der Waals surface area contributed by atoms with E-state index in [1.54, 1.807) is 24.5 Å². The quantitative estimate of drug-likeness (QED) is 0.652. The number of halogens is 2. The number of hydrogen-bond donors (Lipinski definition) is 3. The van der Waals surface area contributed by atoms with E-state index in [0.29, 0.717) is 0 Å². The molecule has 0 aliphatic heterocycles. The van der Waals surface area contributed by atoms with Gasteiger partial charge in [-0.05, 0) is 29.8 Å². The van der Waals surface area contributed by atoms with Crippen molar-refractivity contribution in [3.63, 3.8) is 0 Å². The first kappa shape index (κ1) is 17.2. The maximum Gasteiger partial charge on any atom is 0.271 e. The number of nitrogens with zero attached hydrogens (tertiary/aromatic N) is 2. The van der Waals surface area contributed by atoms with Gasteiger partial charge < -0.3 is 10.6 Å². The fourth-order valence-corrected chi connectivity index (χ4v) is 2.22. The Hall–Kier alpha value is -3.62. The highest BCUT2D eigenvalue weighted by molar-refractivity contribution is 6.08. The van der Waals surface area contributed by atoms with Gasteiger partial charge in [0.2, 0.25) is 0 Å². The summed E-state index contributed by atoms with van der Waals surface area (Å²) in [5.41, 5.74) is 0.0535. The summed E-state index contributed by atoms with van der Waals surface area (Å²) in [5.74, 6) is -3.57. The van der Waals surface area contributed by atoms with Crippen LogP contribution in [-0.4, -0.2) is 27.0 Å². The lowest BCUT2D eigenvalue weighted by atomic mass is 10.2. The summed E-state index contributed by atoms with van der Waals surface area (Å²) in [7, 11) is 0. The van der Waals surface area contributed by atoms with Crippen LogP contribution in [0.5, 0.6) is 0 Å². The van der Waals surface area contributed by atoms with Crippen LogP contribution in [0.2, 0.25) is 0 Å². The fraction of sp³-hybridized carbons (Fsp3) is 0.0588. The number of rotatable bonds is 5. The smallest absolute Gasteiger partial charge is 0.271 e. The number of carbonyl (C=O) groups is 2. The van der Waals surface area contributed by atoms with Crippen LogP contribution in [0.15, 0.2) is 48.9 Å². The molecule has 0 bridgehead atoms. The van der Waals surface area contributed by atoms with E-state index in [1.807, 2.05) is 0 Å². The molecule has 2 amide bonds. The van der Waals surface area contributed by atoms with Gasteiger partial charge in [-0.1, -0.05) is 6.07 Å². The summed E-state index contributed by atoms with van der Waals surface area (Å²) in [5, 5.41) is 11.1. The Morgan fingerprint density at radius 3 is 2.42 bits per heavy atom. The van der Waals surface area contributed by atoms with E-state index in [0.717, 1.165) is 23.8 Å². The predicted molar refractivity (Wildman–Crippen MR) is 88.3 cm³/mol. The summed E-state index contributed by atoms with van der Waals surface area (Å²) in [6, 6.07) is 6.55. The van der Waals surface area contributed by atoms with Crippen molar-refractivity contribution in [2.24, 2.45) is 0 Å². The van der Waals surface area contributed by atoms with Gasteiger partial charge in [0.15, 0.2) is 0 Å². The van der Waals surface area contributed by atoms with Gasteiger partial charge in [-0.3, -0.25) is 19.7 Å². The van der Waals surface area contributed by atoms with E-state index in [-0.39, 0.29) is 17.9 Å². The summed E-state index contributed by atoms with van der Waals surface area (Å²) in [6.07, 6.45) is 4.36. The molecule has 0 radical (unpaired) electrons. The van der Waals surface area contributed by atoms with E-state index in [9.17, 15) is 18.4 Å². The van der Waals surface area contributed by atoms with Gasteiger partial charge in [0.05, 0.1) is 11.9 Å². The number of amides is 2. The number of aromatic nitrogens is 3. The largest absolute Gasteiger partial charge is 0.347 e. The summed E-state index contributed by atoms with van der Waals surface area (Å²) < 4.78 is 27.4. The summed E-state index contributed by atoms with van der Waals surface area (Å²) in [4.78, 5) is 28.3. The minimum absolute atomic E-state index is 0.00452. The van der Waals surface area contributed by atoms with Crippen molar-refractivity contribution in [1.82, 2.24) is 20.5 Å². The average molecular weight is 357 g/mol. The first-order chi connectivity index (χ1) is 12.6. The molecule has 9 heteroatoms. The lowest BCUT2D eigenvalue weighted by Crippen LogP contribution is -2.25.